The Morgan fingerprint density at radius 1 is 1.52 bits per heavy atom. The van der Waals surface area contributed by atoms with E-state index < -0.39 is 10.9 Å². The second-order valence-corrected chi connectivity index (χ2v) is 5.07. The Bertz CT molecular complexity index is 690. The highest BCUT2D eigenvalue weighted by Crippen LogP contribution is 2.29. The summed E-state index contributed by atoms with van der Waals surface area (Å²) < 4.78 is 13.8. The number of aromatic nitrogens is 2. The number of nitrogens with zero attached hydrogens (tertiary/aromatic N) is 3. The monoisotopic (exact) mass is 329 g/mol. The van der Waals surface area contributed by atoms with Gasteiger partial charge in [0.25, 0.3) is 0 Å². The fourth-order valence-electron chi connectivity index (χ4n) is 1.45. The molecule has 1 aromatic carbocycles. The number of hydrogen-bond acceptors (Lipinski definition) is 8. The number of benzene rings is 1. The van der Waals surface area contributed by atoms with Crippen LogP contribution >= 0.6 is 23.1 Å². The minimum absolute atomic E-state index is 0.0769. The average molecular weight is 330 g/mol. The molecule has 0 spiro atoms. The van der Waals surface area contributed by atoms with Gasteiger partial charge >= 0.3 is 11.7 Å². The van der Waals surface area contributed by atoms with Crippen LogP contribution < -0.4 is 4.74 Å². The molecular formula is C11H8ClN3O5S. The fraction of sp³-hybridized carbons (Fsp3) is 0.182. The SMILES string of the molecule is COC(=O)c1ccc([N+](=O)[O-])c(OCc2nnsc2Cl)c1. The molecule has 0 saturated heterocycles. The van der Waals surface area contributed by atoms with Gasteiger partial charge in [0.15, 0.2) is 5.75 Å². The van der Waals surface area contributed by atoms with Gasteiger partial charge in [0.05, 0.1) is 17.6 Å². The van der Waals surface area contributed by atoms with E-state index in [1.165, 1.54) is 25.3 Å². The number of nitro benzene ring substituents is 1. The van der Waals surface area contributed by atoms with Gasteiger partial charge in [-0.05, 0) is 6.07 Å². The highest BCUT2D eigenvalue weighted by molar-refractivity contribution is 7.10. The highest BCUT2D eigenvalue weighted by atomic mass is 35.5. The van der Waals surface area contributed by atoms with Crippen LogP contribution in [0.1, 0.15) is 16.1 Å². The van der Waals surface area contributed by atoms with Gasteiger partial charge in [-0.3, -0.25) is 10.1 Å². The molecule has 2 rings (SSSR count). The maximum atomic E-state index is 11.4. The van der Waals surface area contributed by atoms with Crippen molar-refractivity contribution in [2.24, 2.45) is 0 Å². The maximum absolute atomic E-state index is 11.4. The molecule has 0 radical (unpaired) electrons. The van der Waals surface area contributed by atoms with Crippen molar-refractivity contribution in [3.05, 3.63) is 43.9 Å². The van der Waals surface area contributed by atoms with Gasteiger partial charge in [0.2, 0.25) is 0 Å². The van der Waals surface area contributed by atoms with Crippen molar-refractivity contribution in [2.75, 3.05) is 7.11 Å². The van der Waals surface area contributed by atoms with Crippen LogP contribution in [-0.2, 0) is 11.3 Å². The molecule has 1 heterocycles. The van der Waals surface area contributed by atoms with E-state index in [1.807, 2.05) is 0 Å². The fourth-order valence-corrected chi connectivity index (χ4v) is 2.06. The van der Waals surface area contributed by atoms with Gasteiger partial charge in [0, 0.05) is 23.7 Å². The van der Waals surface area contributed by atoms with Crippen LogP contribution in [-0.4, -0.2) is 27.6 Å². The molecule has 8 nitrogen and oxygen atoms in total. The zero-order valence-corrected chi connectivity index (χ0v) is 12.2. The molecule has 1 aromatic heterocycles. The summed E-state index contributed by atoms with van der Waals surface area (Å²) in [6.45, 7) is -0.0964. The average Bonchev–Trinajstić information content (AvgIpc) is 2.89. The third-order valence-corrected chi connectivity index (χ3v) is 3.44. The lowest BCUT2D eigenvalue weighted by Crippen LogP contribution is -2.04. The van der Waals surface area contributed by atoms with E-state index in [4.69, 9.17) is 16.3 Å². The van der Waals surface area contributed by atoms with Gasteiger partial charge < -0.3 is 9.47 Å². The van der Waals surface area contributed by atoms with Gasteiger partial charge in [-0.2, -0.15) is 0 Å². The Morgan fingerprint density at radius 2 is 2.29 bits per heavy atom. The first-order chi connectivity index (χ1) is 10.0. The minimum atomic E-state index is -0.622. The van der Waals surface area contributed by atoms with E-state index in [0.29, 0.717) is 10.0 Å². The van der Waals surface area contributed by atoms with Crippen LogP contribution in [0.5, 0.6) is 5.75 Å². The predicted molar refractivity (Wildman–Crippen MR) is 73.7 cm³/mol. The number of carbonyl (C=O) groups excluding carboxylic acids is 1. The summed E-state index contributed by atoms with van der Waals surface area (Å²) in [5.41, 5.74) is 0.224. The number of hydrogen-bond donors (Lipinski definition) is 0. The molecule has 0 aliphatic carbocycles. The summed E-state index contributed by atoms with van der Waals surface area (Å²) in [7, 11) is 1.21. The molecule has 2 aromatic rings. The molecule has 110 valence electrons. The van der Waals surface area contributed by atoms with Crippen LogP contribution in [0.3, 0.4) is 0 Å². The Balaban J connectivity index is 2.28. The first-order valence-electron chi connectivity index (χ1n) is 5.49. The van der Waals surface area contributed by atoms with E-state index in [2.05, 4.69) is 14.3 Å². The van der Waals surface area contributed by atoms with Crippen molar-refractivity contribution in [3.63, 3.8) is 0 Å². The lowest BCUT2D eigenvalue weighted by atomic mass is 10.2. The van der Waals surface area contributed by atoms with E-state index in [0.717, 1.165) is 11.5 Å². The number of methoxy groups -OCH3 is 1. The van der Waals surface area contributed by atoms with Crippen molar-refractivity contribution in [1.29, 1.82) is 0 Å². The molecule has 21 heavy (non-hydrogen) atoms. The molecule has 0 fully saturated rings. The van der Waals surface area contributed by atoms with E-state index in [9.17, 15) is 14.9 Å². The van der Waals surface area contributed by atoms with Gasteiger partial charge in [0.1, 0.15) is 16.6 Å². The van der Waals surface area contributed by atoms with Crippen molar-refractivity contribution in [1.82, 2.24) is 9.59 Å². The third-order valence-electron chi connectivity index (χ3n) is 2.45. The highest BCUT2D eigenvalue weighted by Gasteiger charge is 2.19. The maximum Gasteiger partial charge on any atom is 0.337 e. The molecule has 0 saturated carbocycles. The third kappa shape index (κ3) is 3.44. The van der Waals surface area contributed by atoms with E-state index >= 15 is 0 Å². The second-order valence-electron chi connectivity index (χ2n) is 3.71. The summed E-state index contributed by atoms with van der Waals surface area (Å²) in [6, 6.07) is 3.69. The number of carbonyl (C=O) groups is 1. The Morgan fingerprint density at radius 3 is 2.86 bits per heavy atom. The van der Waals surface area contributed by atoms with Crippen LogP contribution in [0.4, 0.5) is 5.69 Å². The first kappa shape index (κ1) is 15.1. The summed E-state index contributed by atoms with van der Waals surface area (Å²) in [4.78, 5) is 21.8. The number of rotatable bonds is 5. The van der Waals surface area contributed by atoms with Crippen molar-refractivity contribution >= 4 is 34.8 Å². The largest absolute Gasteiger partial charge is 0.480 e. The van der Waals surface area contributed by atoms with E-state index in [-0.39, 0.29) is 23.6 Å². The first-order valence-corrected chi connectivity index (χ1v) is 6.64. The summed E-state index contributed by atoms with van der Waals surface area (Å²) in [5.74, 6) is -0.699. The Hall–Kier alpha value is -2.26. The van der Waals surface area contributed by atoms with Crippen LogP contribution in [0.25, 0.3) is 0 Å². The topological polar surface area (TPSA) is 104 Å². The molecule has 0 unspecified atom stereocenters. The molecule has 0 atom stereocenters. The summed E-state index contributed by atoms with van der Waals surface area (Å²) in [5, 5.41) is 14.7. The summed E-state index contributed by atoms with van der Waals surface area (Å²) >= 11 is 6.80. The smallest absolute Gasteiger partial charge is 0.337 e. The number of nitro groups is 1. The second kappa shape index (κ2) is 6.46. The van der Waals surface area contributed by atoms with Crippen molar-refractivity contribution < 1.29 is 19.2 Å². The molecular weight excluding hydrogens is 322 g/mol. The predicted octanol–water partition coefficient (Wildman–Crippen LogP) is 2.47. The molecule has 0 amide bonds. The number of halogens is 1. The lowest BCUT2D eigenvalue weighted by molar-refractivity contribution is -0.385. The summed E-state index contributed by atoms with van der Waals surface area (Å²) in [6.07, 6.45) is 0. The lowest BCUT2D eigenvalue weighted by Gasteiger charge is -2.07. The van der Waals surface area contributed by atoms with Crippen LogP contribution in [0, 0.1) is 10.1 Å². The zero-order chi connectivity index (χ0) is 15.4. The Labute approximate surface area is 127 Å². The normalized spacial score (nSPS) is 10.2. The Kier molecular flexibility index (Phi) is 4.66. The minimum Gasteiger partial charge on any atom is -0.480 e. The van der Waals surface area contributed by atoms with Gasteiger partial charge in [-0.15, -0.1) is 5.10 Å². The van der Waals surface area contributed by atoms with E-state index in [1.54, 1.807) is 0 Å². The molecule has 10 heteroatoms. The van der Waals surface area contributed by atoms with Gasteiger partial charge in [-0.1, -0.05) is 16.1 Å². The number of esters is 1. The van der Waals surface area contributed by atoms with Gasteiger partial charge in [-0.25, -0.2) is 4.79 Å². The van der Waals surface area contributed by atoms with Crippen LogP contribution in [0.15, 0.2) is 18.2 Å². The molecule has 0 aliphatic rings. The van der Waals surface area contributed by atoms with Crippen molar-refractivity contribution in [2.45, 2.75) is 6.61 Å². The molecule has 0 aliphatic heterocycles. The quantitative estimate of drug-likeness (QED) is 0.471. The molecule has 0 bridgehead atoms. The zero-order valence-electron chi connectivity index (χ0n) is 10.6. The van der Waals surface area contributed by atoms with Crippen LogP contribution in [0.2, 0.25) is 4.34 Å². The number of ether oxygens (including phenoxy) is 2. The van der Waals surface area contributed by atoms with Crippen molar-refractivity contribution in [3.8, 4) is 5.75 Å². The standard InChI is InChI=1S/C11H8ClN3O5S/c1-19-11(16)6-2-3-8(15(17)18)9(4-6)20-5-7-10(12)21-14-13-7/h2-4H,5H2,1H3. The molecule has 0 N–H and O–H groups in total.